The summed E-state index contributed by atoms with van der Waals surface area (Å²) in [6.07, 6.45) is 5.54. The lowest BCUT2D eigenvalue weighted by Crippen LogP contribution is -2.27. The van der Waals surface area contributed by atoms with Crippen LogP contribution in [0.3, 0.4) is 0 Å². The lowest BCUT2D eigenvalue weighted by atomic mass is 10.2. The first-order chi connectivity index (χ1) is 10.2. The molecule has 1 aromatic carbocycles. The summed E-state index contributed by atoms with van der Waals surface area (Å²) in [6.45, 7) is 7.90. The van der Waals surface area contributed by atoms with Crippen molar-refractivity contribution in [3.05, 3.63) is 30.3 Å². The van der Waals surface area contributed by atoms with E-state index >= 15 is 0 Å². The van der Waals surface area contributed by atoms with Crippen molar-refractivity contribution in [1.82, 2.24) is 5.32 Å². The summed E-state index contributed by atoms with van der Waals surface area (Å²) in [6, 6.07) is 9.68. The molecule has 0 radical (unpaired) electrons. The van der Waals surface area contributed by atoms with Crippen LogP contribution in [0.1, 0.15) is 46.5 Å². The fourth-order valence-corrected chi connectivity index (χ4v) is 1.83. The van der Waals surface area contributed by atoms with Gasteiger partial charge >= 0.3 is 6.03 Å². The van der Waals surface area contributed by atoms with Crippen LogP contribution in [0.2, 0.25) is 0 Å². The van der Waals surface area contributed by atoms with E-state index in [4.69, 9.17) is 5.11 Å². The van der Waals surface area contributed by atoms with Gasteiger partial charge in [-0.2, -0.15) is 0 Å². The fraction of sp³-hybridized carbons (Fsp3) is 0.588. The van der Waals surface area contributed by atoms with Gasteiger partial charge in [0, 0.05) is 25.4 Å². The van der Waals surface area contributed by atoms with E-state index in [1.165, 1.54) is 25.7 Å². The van der Waals surface area contributed by atoms with Crippen LogP contribution in [0, 0.1) is 0 Å². The number of nitrogens with one attached hydrogen (secondary N) is 1. The quantitative estimate of drug-likeness (QED) is 0.830. The number of anilines is 1. The lowest BCUT2D eigenvalue weighted by Gasteiger charge is -2.12. The SMILES string of the molecule is CCCCCC.CCO.O=C1NCCN1c1ccccc1. The van der Waals surface area contributed by atoms with Crippen LogP contribution in [-0.4, -0.2) is 30.8 Å². The number of rotatable bonds is 4. The predicted octanol–water partition coefficient (Wildman–Crippen LogP) is 3.80. The number of nitrogens with zero attached hydrogens (tertiary/aromatic N) is 1. The minimum Gasteiger partial charge on any atom is -0.397 e. The Bertz CT molecular complexity index is 351. The molecule has 120 valence electrons. The third-order valence-corrected chi connectivity index (χ3v) is 2.88. The highest BCUT2D eigenvalue weighted by atomic mass is 16.2. The fourth-order valence-electron chi connectivity index (χ4n) is 1.83. The lowest BCUT2D eigenvalue weighted by molar-refractivity contribution is 0.252. The summed E-state index contributed by atoms with van der Waals surface area (Å²) in [7, 11) is 0. The molecular weight excluding hydrogens is 264 g/mol. The van der Waals surface area contributed by atoms with Gasteiger partial charge in [-0.15, -0.1) is 0 Å². The zero-order valence-corrected chi connectivity index (χ0v) is 13.6. The molecule has 1 fully saturated rings. The van der Waals surface area contributed by atoms with Gasteiger partial charge in [0.25, 0.3) is 0 Å². The smallest absolute Gasteiger partial charge is 0.321 e. The number of unbranched alkanes of at least 4 members (excludes halogenated alkanes) is 3. The van der Waals surface area contributed by atoms with E-state index in [-0.39, 0.29) is 12.6 Å². The van der Waals surface area contributed by atoms with E-state index in [1.807, 2.05) is 30.3 Å². The van der Waals surface area contributed by atoms with E-state index < -0.39 is 0 Å². The molecular formula is C17H30N2O2. The maximum absolute atomic E-state index is 11.2. The van der Waals surface area contributed by atoms with Crippen LogP contribution in [0.5, 0.6) is 0 Å². The Morgan fingerprint density at radius 2 is 1.62 bits per heavy atom. The zero-order chi connectivity index (χ0) is 15.9. The molecule has 2 rings (SSSR count). The molecule has 4 nitrogen and oxygen atoms in total. The molecule has 0 bridgehead atoms. The summed E-state index contributed by atoms with van der Waals surface area (Å²) >= 11 is 0. The molecule has 1 saturated heterocycles. The number of hydrogen-bond acceptors (Lipinski definition) is 2. The van der Waals surface area contributed by atoms with Crippen molar-refractivity contribution in [2.75, 3.05) is 24.6 Å². The normalized spacial score (nSPS) is 12.8. The maximum Gasteiger partial charge on any atom is 0.321 e. The van der Waals surface area contributed by atoms with Crippen molar-refractivity contribution in [2.45, 2.75) is 46.5 Å². The minimum absolute atomic E-state index is 0.00111. The van der Waals surface area contributed by atoms with E-state index in [0.717, 1.165) is 18.8 Å². The highest BCUT2D eigenvalue weighted by molar-refractivity contribution is 5.93. The standard InChI is InChI=1S/C9H10N2O.C6H14.C2H6O/c12-9-10-6-7-11(9)8-4-2-1-3-5-8;1-3-5-6-4-2;1-2-3/h1-5H,6-7H2,(H,10,12);3-6H2,1-2H3;3H,2H2,1H3. The van der Waals surface area contributed by atoms with Gasteiger partial charge < -0.3 is 10.4 Å². The maximum atomic E-state index is 11.2. The first-order valence-electron chi connectivity index (χ1n) is 7.92. The minimum atomic E-state index is 0.00111. The summed E-state index contributed by atoms with van der Waals surface area (Å²) in [4.78, 5) is 12.9. The number of para-hydroxylation sites is 1. The van der Waals surface area contributed by atoms with Crippen molar-refractivity contribution in [3.63, 3.8) is 0 Å². The van der Waals surface area contributed by atoms with Crippen LogP contribution >= 0.6 is 0 Å². The number of aliphatic hydroxyl groups is 1. The van der Waals surface area contributed by atoms with E-state index in [9.17, 15) is 4.79 Å². The Labute approximate surface area is 129 Å². The average Bonchev–Trinajstić information content (AvgIpc) is 2.94. The number of amides is 2. The first-order valence-corrected chi connectivity index (χ1v) is 7.92. The van der Waals surface area contributed by atoms with Gasteiger partial charge in [-0.05, 0) is 19.1 Å². The third-order valence-electron chi connectivity index (χ3n) is 2.88. The Balaban J connectivity index is 0.000000378. The van der Waals surface area contributed by atoms with Crippen molar-refractivity contribution in [1.29, 1.82) is 0 Å². The Kier molecular flexibility index (Phi) is 12.4. The molecule has 0 atom stereocenters. The molecule has 1 aliphatic rings. The van der Waals surface area contributed by atoms with E-state index in [0.29, 0.717) is 0 Å². The number of benzene rings is 1. The van der Waals surface area contributed by atoms with Gasteiger partial charge in [-0.25, -0.2) is 4.79 Å². The summed E-state index contributed by atoms with van der Waals surface area (Å²) in [5, 5.41) is 10.3. The predicted molar refractivity (Wildman–Crippen MR) is 89.8 cm³/mol. The van der Waals surface area contributed by atoms with Crippen molar-refractivity contribution in [3.8, 4) is 0 Å². The van der Waals surface area contributed by atoms with Gasteiger partial charge in [0.15, 0.2) is 0 Å². The number of hydrogen-bond donors (Lipinski definition) is 2. The van der Waals surface area contributed by atoms with Gasteiger partial charge in [0.1, 0.15) is 0 Å². The Morgan fingerprint density at radius 3 is 2.00 bits per heavy atom. The second kappa shape index (κ2) is 13.4. The van der Waals surface area contributed by atoms with Crippen LogP contribution in [0.25, 0.3) is 0 Å². The van der Waals surface area contributed by atoms with Gasteiger partial charge in [-0.1, -0.05) is 57.7 Å². The Morgan fingerprint density at radius 1 is 1.10 bits per heavy atom. The second-order valence-electron chi connectivity index (χ2n) is 4.74. The molecule has 21 heavy (non-hydrogen) atoms. The Hall–Kier alpha value is -1.55. The van der Waals surface area contributed by atoms with Crippen LogP contribution in [-0.2, 0) is 0 Å². The van der Waals surface area contributed by atoms with Gasteiger partial charge in [0.2, 0.25) is 0 Å². The van der Waals surface area contributed by atoms with Crippen molar-refractivity contribution >= 4 is 11.7 Å². The van der Waals surface area contributed by atoms with Crippen LogP contribution in [0.4, 0.5) is 10.5 Å². The molecule has 0 unspecified atom stereocenters. The van der Waals surface area contributed by atoms with Crippen molar-refractivity contribution in [2.24, 2.45) is 0 Å². The number of urea groups is 1. The van der Waals surface area contributed by atoms with Crippen LogP contribution in [0.15, 0.2) is 30.3 Å². The molecule has 2 N–H and O–H groups in total. The first kappa shape index (κ1) is 19.4. The average molecular weight is 294 g/mol. The number of carbonyl (C=O) groups excluding carboxylic acids is 1. The van der Waals surface area contributed by atoms with Gasteiger partial charge in [0.05, 0.1) is 0 Å². The topological polar surface area (TPSA) is 52.6 Å². The molecule has 0 aliphatic carbocycles. The summed E-state index contributed by atoms with van der Waals surface area (Å²) in [5.41, 5.74) is 0.965. The zero-order valence-electron chi connectivity index (χ0n) is 13.6. The highest BCUT2D eigenvalue weighted by Gasteiger charge is 2.20. The molecule has 1 aliphatic heterocycles. The monoisotopic (exact) mass is 294 g/mol. The van der Waals surface area contributed by atoms with E-state index in [1.54, 1.807) is 11.8 Å². The highest BCUT2D eigenvalue weighted by Crippen LogP contribution is 2.14. The molecule has 0 saturated carbocycles. The number of carbonyl (C=O) groups is 1. The summed E-state index contributed by atoms with van der Waals surface area (Å²) < 4.78 is 0. The second-order valence-corrected chi connectivity index (χ2v) is 4.74. The third kappa shape index (κ3) is 9.08. The van der Waals surface area contributed by atoms with Gasteiger partial charge in [-0.3, -0.25) is 4.90 Å². The van der Waals surface area contributed by atoms with E-state index in [2.05, 4.69) is 19.2 Å². The summed E-state index contributed by atoms with van der Waals surface area (Å²) in [5.74, 6) is 0. The molecule has 0 aromatic heterocycles. The molecule has 1 aromatic rings. The molecule has 0 spiro atoms. The molecule has 2 amide bonds. The molecule has 1 heterocycles. The van der Waals surface area contributed by atoms with Crippen LogP contribution < -0.4 is 10.2 Å². The van der Waals surface area contributed by atoms with Crippen molar-refractivity contribution < 1.29 is 9.90 Å². The largest absolute Gasteiger partial charge is 0.397 e. The molecule has 4 heteroatoms. The number of aliphatic hydroxyl groups excluding tert-OH is 1.